The Labute approximate surface area is 158 Å². The molecule has 3 aromatic rings. The van der Waals surface area contributed by atoms with Gasteiger partial charge in [0.1, 0.15) is 11.9 Å². The van der Waals surface area contributed by atoms with Gasteiger partial charge in [0.15, 0.2) is 11.6 Å². The molecule has 1 N–H and O–H groups in total. The van der Waals surface area contributed by atoms with Crippen molar-refractivity contribution in [3.63, 3.8) is 0 Å². The minimum absolute atomic E-state index is 0.272. The standard InChI is InChI=1S/C17H14BrN7O/c1-10(22-17(26)13-5-14(18)9-20-8-13)16-23-11(2)24-25(16)15-4-3-12(6-19)7-21-15/h3-5,7-10H,1-2H3,(H,22,26)/t10-/m0/s1. The molecule has 3 aromatic heterocycles. The van der Waals surface area contributed by atoms with Crippen LogP contribution in [0.3, 0.4) is 0 Å². The molecule has 1 atom stereocenters. The van der Waals surface area contributed by atoms with Gasteiger partial charge in [-0.2, -0.15) is 9.94 Å². The Morgan fingerprint density at radius 3 is 2.81 bits per heavy atom. The Morgan fingerprint density at radius 2 is 2.15 bits per heavy atom. The summed E-state index contributed by atoms with van der Waals surface area (Å²) in [6.45, 7) is 3.57. The van der Waals surface area contributed by atoms with Crippen LogP contribution >= 0.6 is 15.9 Å². The average molecular weight is 412 g/mol. The van der Waals surface area contributed by atoms with E-state index >= 15 is 0 Å². The number of halogens is 1. The quantitative estimate of drug-likeness (QED) is 0.705. The molecule has 130 valence electrons. The number of pyridine rings is 2. The summed E-state index contributed by atoms with van der Waals surface area (Å²) in [4.78, 5) is 25.1. The van der Waals surface area contributed by atoms with Crippen molar-refractivity contribution in [2.45, 2.75) is 19.9 Å². The van der Waals surface area contributed by atoms with Crippen molar-refractivity contribution in [2.24, 2.45) is 0 Å². The highest BCUT2D eigenvalue weighted by Gasteiger charge is 2.20. The first kappa shape index (κ1) is 17.7. The van der Waals surface area contributed by atoms with E-state index in [0.29, 0.717) is 28.6 Å². The highest BCUT2D eigenvalue weighted by Crippen LogP contribution is 2.16. The topological polar surface area (TPSA) is 109 Å². The molecule has 0 fully saturated rings. The maximum atomic E-state index is 12.4. The van der Waals surface area contributed by atoms with E-state index in [4.69, 9.17) is 5.26 Å². The zero-order chi connectivity index (χ0) is 18.7. The van der Waals surface area contributed by atoms with Crippen molar-refractivity contribution in [1.29, 1.82) is 5.26 Å². The van der Waals surface area contributed by atoms with Gasteiger partial charge in [0, 0.05) is 23.1 Å². The molecule has 8 nitrogen and oxygen atoms in total. The molecule has 3 rings (SSSR count). The molecule has 0 saturated carbocycles. The molecule has 0 aliphatic rings. The maximum Gasteiger partial charge on any atom is 0.253 e. The first-order chi connectivity index (χ1) is 12.5. The van der Waals surface area contributed by atoms with E-state index in [9.17, 15) is 4.79 Å². The van der Waals surface area contributed by atoms with E-state index in [0.717, 1.165) is 4.47 Å². The summed E-state index contributed by atoms with van der Waals surface area (Å²) < 4.78 is 2.28. The van der Waals surface area contributed by atoms with Crippen molar-refractivity contribution >= 4 is 21.8 Å². The second-order valence-electron chi connectivity index (χ2n) is 5.53. The third kappa shape index (κ3) is 3.75. The normalized spacial score (nSPS) is 11.6. The molecule has 26 heavy (non-hydrogen) atoms. The lowest BCUT2D eigenvalue weighted by atomic mass is 10.2. The van der Waals surface area contributed by atoms with Gasteiger partial charge < -0.3 is 5.32 Å². The van der Waals surface area contributed by atoms with E-state index in [1.165, 1.54) is 12.4 Å². The summed E-state index contributed by atoms with van der Waals surface area (Å²) in [6, 6.07) is 6.63. The van der Waals surface area contributed by atoms with Gasteiger partial charge >= 0.3 is 0 Å². The first-order valence-corrected chi connectivity index (χ1v) is 8.48. The lowest BCUT2D eigenvalue weighted by Crippen LogP contribution is -2.29. The fraction of sp³-hybridized carbons (Fsp3) is 0.176. The highest BCUT2D eigenvalue weighted by molar-refractivity contribution is 9.10. The summed E-state index contributed by atoms with van der Waals surface area (Å²) in [6.07, 6.45) is 4.56. The molecular weight excluding hydrogens is 398 g/mol. The lowest BCUT2D eigenvalue weighted by Gasteiger charge is -2.14. The zero-order valence-electron chi connectivity index (χ0n) is 14.0. The Hall–Kier alpha value is -3.12. The van der Waals surface area contributed by atoms with Gasteiger partial charge in [-0.15, -0.1) is 5.10 Å². The minimum atomic E-state index is -0.417. The highest BCUT2D eigenvalue weighted by atomic mass is 79.9. The van der Waals surface area contributed by atoms with Crippen molar-refractivity contribution in [2.75, 3.05) is 0 Å². The van der Waals surface area contributed by atoms with Crippen LogP contribution in [0.2, 0.25) is 0 Å². The van der Waals surface area contributed by atoms with Crippen LogP contribution in [0.4, 0.5) is 0 Å². The summed E-state index contributed by atoms with van der Waals surface area (Å²) in [5.74, 6) is 1.34. The number of rotatable bonds is 4. The van der Waals surface area contributed by atoms with Crippen LogP contribution in [0.1, 0.15) is 40.5 Å². The summed E-state index contributed by atoms with van der Waals surface area (Å²) in [5, 5.41) is 16.1. The monoisotopic (exact) mass is 411 g/mol. The largest absolute Gasteiger partial charge is 0.342 e. The van der Waals surface area contributed by atoms with Gasteiger partial charge in [0.2, 0.25) is 0 Å². The van der Waals surface area contributed by atoms with Crippen molar-refractivity contribution < 1.29 is 4.79 Å². The number of amides is 1. The van der Waals surface area contributed by atoms with E-state index < -0.39 is 6.04 Å². The lowest BCUT2D eigenvalue weighted by molar-refractivity contribution is 0.0937. The minimum Gasteiger partial charge on any atom is -0.342 e. The van der Waals surface area contributed by atoms with Crippen LogP contribution in [0.15, 0.2) is 41.3 Å². The van der Waals surface area contributed by atoms with Crippen LogP contribution < -0.4 is 5.32 Å². The van der Waals surface area contributed by atoms with Crippen LogP contribution in [0.5, 0.6) is 0 Å². The Kier molecular flexibility index (Phi) is 5.04. The molecule has 0 spiro atoms. The van der Waals surface area contributed by atoms with Crippen LogP contribution in [-0.2, 0) is 0 Å². The predicted molar refractivity (Wildman–Crippen MR) is 96.4 cm³/mol. The Balaban J connectivity index is 1.86. The molecule has 3 heterocycles. The first-order valence-electron chi connectivity index (χ1n) is 7.69. The SMILES string of the molecule is Cc1nc([C@H](C)NC(=O)c2cncc(Br)c2)n(-c2ccc(C#N)cn2)n1. The molecule has 0 aromatic carbocycles. The van der Waals surface area contributed by atoms with Crippen molar-refractivity contribution in [3.05, 3.63) is 64.0 Å². The van der Waals surface area contributed by atoms with Gasteiger partial charge in [-0.05, 0) is 48.0 Å². The number of hydrogen-bond acceptors (Lipinski definition) is 6. The van der Waals surface area contributed by atoms with Crippen LogP contribution in [0.25, 0.3) is 5.82 Å². The Morgan fingerprint density at radius 1 is 1.35 bits per heavy atom. The number of carbonyl (C=O) groups excluding carboxylic acids is 1. The number of nitrogens with zero attached hydrogens (tertiary/aromatic N) is 6. The smallest absolute Gasteiger partial charge is 0.253 e. The van der Waals surface area contributed by atoms with Gasteiger partial charge in [0.25, 0.3) is 5.91 Å². The molecule has 0 radical (unpaired) electrons. The van der Waals surface area contributed by atoms with Gasteiger partial charge in [0.05, 0.1) is 17.2 Å². The number of carbonyl (C=O) groups is 1. The van der Waals surface area contributed by atoms with Gasteiger partial charge in [-0.25, -0.2) is 9.97 Å². The molecule has 9 heteroatoms. The van der Waals surface area contributed by atoms with E-state index in [2.05, 4.69) is 41.3 Å². The maximum absolute atomic E-state index is 12.4. The third-order valence-corrected chi connectivity index (χ3v) is 3.97. The molecule has 0 aliphatic carbocycles. The number of hydrogen-bond donors (Lipinski definition) is 1. The van der Waals surface area contributed by atoms with Crippen molar-refractivity contribution in [1.82, 2.24) is 30.0 Å². The number of aryl methyl sites for hydroxylation is 1. The predicted octanol–water partition coefficient (Wildman–Crippen LogP) is 2.49. The molecule has 0 bridgehead atoms. The van der Waals surface area contributed by atoms with Gasteiger partial charge in [-0.1, -0.05) is 0 Å². The van der Waals surface area contributed by atoms with E-state index in [1.54, 1.807) is 36.0 Å². The van der Waals surface area contributed by atoms with Crippen molar-refractivity contribution in [3.8, 4) is 11.9 Å². The summed E-state index contributed by atoms with van der Waals surface area (Å²) in [7, 11) is 0. The molecular formula is C17H14BrN7O. The van der Waals surface area contributed by atoms with Gasteiger partial charge in [-0.3, -0.25) is 9.78 Å². The molecule has 0 aliphatic heterocycles. The van der Waals surface area contributed by atoms with E-state index in [-0.39, 0.29) is 5.91 Å². The number of nitrogens with one attached hydrogen (secondary N) is 1. The fourth-order valence-corrected chi connectivity index (χ4v) is 2.70. The summed E-state index contributed by atoms with van der Waals surface area (Å²) >= 11 is 3.30. The number of aromatic nitrogens is 5. The average Bonchev–Trinajstić information content (AvgIpc) is 3.03. The number of nitriles is 1. The second kappa shape index (κ2) is 7.41. The molecule has 0 unspecified atom stereocenters. The van der Waals surface area contributed by atoms with Crippen LogP contribution in [0, 0.1) is 18.3 Å². The fourth-order valence-electron chi connectivity index (χ4n) is 2.34. The molecule has 0 saturated heterocycles. The zero-order valence-corrected chi connectivity index (χ0v) is 15.6. The van der Waals surface area contributed by atoms with Crippen LogP contribution in [-0.4, -0.2) is 30.6 Å². The van der Waals surface area contributed by atoms with E-state index in [1.807, 2.05) is 13.0 Å². The second-order valence-corrected chi connectivity index (χ2v) is 6.45. The Bertz CT molecular complexity index is 991. The molecule has 1 amide bonds. The third-order valence-electron chi connectivity index (χ3n) is 3.53. The summed E-state index contributed by atoms with van der Waals surface area (Å²) in [5.41, 5.74) is 0.890.